The topological polar surface area (TPSA) is 49.8 Å². The van der Waals surface area contributed by atoms with Crippen LogP contribution in [0, 0.1) is 5.41 Å². The lowest BCUT2D eigenvalue weighted by molar-refractivity contribution is -0.152. The lowest BCUT2D eigenvalue weighted by atomic mass is 9.75. The summed E-state index contributed by atoms with van der Waals surface area (Å²) in [7, 11) is 1.73. The largest absolute Gasteiger partial charge is 0.481 e. The summed E-state index contributed by atoms with van der Waals surface area (Å²) in [5.41, 5.74) is -0.447. The van der Waals surface area contributed by atoms with E-state index in [0.29, 0.717) is 0 Å². The molecule has 0 spiro atoms. The number of likely N-dealkylation sites (tertiary alicyclic amines) is 1. The van der Waals surface area contributed by atoms with Crippen LogP contribution in [0.4, 0.5) is 0 Å². The molecule has 0 amide bonds. The maximum absolute atomic E-state index is 11.4. The first-order valence-corrected chi connectivity index (χ1v) is 7.09. The zero-order valence-corrected chi connectivity index (χ0v) is 11.8. The minimum absolute atomic E-state index is 0.447. The van der Waals surface area contributed by atoms with Crippen molar-refractivity contribution in [3.63, 3.8) is 0 Å². The summed E-state index contributed by atoms with van der Waals surface area (Å²) >= 11 is 0. The molecule has 4 heteroatoms. The number of piperidine rings is 1. The average Bonchev–Trinajstić information content (AvgIpc) is 2.37. The molecule has 0 bridgehead atoms. The fourth-order valence-corrected chi connectivity index (χ4v) is 2.84. The molecular weight excluding hydrogens is 230 g/mol. The van der Waals surface area contributed by atoms with E-state index in [-0.39, 0.29) is 0 Å². The van der Waals surface area contributed by atoms with Crippen molar-refractivity contribution in [3.05, 3.63) is 0 Å². The Bertz CT molecular complexity index is 247. The van der Waals surface area contributed by atoms with Gasteiger partial charge in [-0.1, -0.05) is 13.3 Å². The van der Waals surface area contributed by atoms with Crippen LogP contribution in [0.15, 0.2) is 0 Å². The molecule has 0 aromatic rings. The quantitative estimate of drug-likeness (QED) is 0.678. The maximum atomic E-state index is 11.4. The minimum Gasteiger partial charge on any atom is -0.481 e. The predicted octanol–water partition coefficient (Wildman–Crippen LogP) is 2.38. The third-order valence-electron chi connectivity index (χ3n) is 4.07. The van der Waals surface area contributed by atoms with Gasteiger partial charge >= 0.3 is 5.97 Å². The summed E-state index contributed by atoms with van der Waals surface area (Å²) in [4.78, 5) is 13.8. The maximum Gasteiger partial charge on any atom is 0.309 e. The Balaban J connectivity index is 2.32. The molecule has 1 fully saturated rings. The zero-order valence-electron chi connectivity index (χ0n) is 11.8. The van der Waals surface area contributed by atoms with Crippen LogP contribution in [0.25, 0.3) is 0 Å². The fraction of sp³-hybridized carbons (Fsp3) is 0.929. The van der Waals surface area contributed by atoms with Crippen molar-refractivity contribution in [1.29, 1.82) is 0 Å². The van der Waals surface area contributed by atoms with E-state index in [1.165, 1.54) is 0 Å². The number of carboxylic acids is 1. The second kappa shape index (κ2) is 7.74. The van der Waals surface area contributed by atoms with Crippen LogP contribution in [0.1, 0.15) is 45.4 Å². The van der Waals surface area contributed by atoms with Crippen molar-refractivity contribution in [2.75, 3.05) is 33.4 Å². The van der Waals surface area contributed by atoms with Gasteiger partial charge in [-0.05, 0) is 51.7 Å². The van der Waals surface area contributed by atoms with Crippen LogP contribution < -0.4 is 0 Å². The standard InChI is InChI=1S/C14H27NO3/c1-3-6-14(13(16)17)7-10-15(11-8-14)9-4-5-12-18-2/h3-12H2,1-2H3,(H,16,17). The Morgan fingerprint density at radius 3 is 2.50 bits per heavy atom. The van der Waals surface area contributed by atoms with Crippen molar-refractivity contribution in [2.24, 2.45) is 5.41 Å². The molecule has 1 rings (SSSR count). The first-order chi connectivity index (χ1) is 8.64. The van der Waals surface area contributed by atoms with E-state index >= 15 is 0 Å². The summed E-state index contributed by atoms with van der Waals surface area (Å²) in [6.45, 7) is 5.83. The summed E-state index contributed by atoms with van der Waals surface area (Å²) < 4.78 is 5.03. The van der Waals surface area contributed by atoms with Gasteiger partial charge in [0.2, 0.25) is 0 Å². The summed E-state index contributed by atoms with van der Waals surface area (Å²) in [5.74, 6) is -0.594. The van der Waals surface area contributed by atoms with E-state index in [1.54, 1.807) is 7.11 Å². The molecule has 18 heavy (non-hydrogen) atoms. The number of ether oxygens (including phenoxy) is 1. The second-order valence-electron chi connectivity index (χ2n) is 5.38. The smallest absolute Gasteiger partial charge is 0.309 e. The number of unbranched alkanes of at least 4 members (excludes halogenated alkanes) is 1. The van der Waals surface area contributed by atoms with Crippen molar-refractivity contribution in [3.8, 4) is 0 Å². The molecule has 106 valence electrons. The molecule has 0 unspecified atom stereocenters. The Morgan fingerprint density at radius 2 is 2.00 bits per heavy atom. The van der Waals surface area contributed by atoms with Crippen LogP contribution in [0.3, 0.4) is 0 Å². The van der Waals surface area contributed by atoms with Gasteiger partial charge in [-0.2, -0.15) is 0 Å². The predicted molar refractivity (Wildman–Crippen MR) is 71.8 cm³/mol. The third kappa shape index (κ3) is 4.25. The van der Waals surface area contributed by atoms with Crippen molar-refractivity contribution < 1.29 is 14.6 Å². The van der Waals surface area contributed by atoms with Gasteiger partial charge in [0, 0.05) is 13.7 Å². The third-order valence-corrected chi connectivity index (χ3v) is 4.07. The fourth-order valence-electron chi connectivity index (χ4n) is 2.84. The highest BCUT2D eigenvalue weighted by Crippen LogP contribution is 2.36. The molecule has 1 aliphatic rings. The van der Waals surface area contributed by atoms with Gasteiger partial charge in [0.25, 0.3) is 0 Å². The Kier molecular flexibility index (Phi) is 6.65. The van der Waals surface area contributed by atoms with Gasteiger partial charge in [0.1, 0.15) is 0 Å². The van der Waals surface area contributed by atoms with Gasteiger partial charge < -0.3 is 14.7 Å². The molecule has 4 nitrogen and oxygen atoms in total. The van der Waals surface area contributed by atoms with Gasteiger partial charge in [-0.25, -0.2) is 0 Å². The monoisotopic (exact) mass is 257 g/mol. The summed E-state index contributed by atoms with van der Waals surface area (Å²) in [6.07, 6.45) is 5.62. The molecule has 0 aliphatic carbocycles. The normalized spacial score (nSPS) is 19.9. The highest BCUT2D eigenvalue weighted by atomic mass is 16.5. The van der Waals surface area contributed by atoms with Gasteiger partial charge in [0.15, 0.2) is 0 Å². The van der Waals surface area contributed by atoms with Crippen LogP contribution in [-0.2, 0) is 9.53 Å². The Morgan fingerprint density at radius 1 is 1.33 bits per heavy atom. The first-order valence-electron chi connectivity index (χ1n) is 7.09. The Hall–Kier alpha value is -0.610. The number of carboxylic acid groups (broad SMARTS) is 1. The van der Waals surface area contributed by atoms with Crippen LogP contribution in [0.2, 0.25) is 0 Å². The zero-order chi connectivity index (χ0) is 13.4. The van der Waals surface area contributed by atoms with Crippen LogP contribution >= 0.6 is 0 Å². The number of hydrogen-bond donors (Lipinski definition) is 1. The number of aliphatic carboxylic acids is 1. The van der Waals surface area contributed by atoms with Gasteiger partial charge in [-0.3, -0.25) is 4.79 Å². The molecule has 0 radical (unpaired) electrons. The molecule has 0 saturated carbocycles. The molecule has 0 atom stereocenters. The molecule has 0 aromatic carbocycles. The van der Waals surface area contributed by atoms with Crippen molar-refractivity contribution >= 4 is 5.97 Å². The number of rotatable bonds is 8. The SMILES string of the molecule is CCCC1(C(=O)O)CCN(CCCCOC)CC1. The Labute approximate surface area is 110 Å². The first kappa shape index (κ1) is 15.4. The number of carbonyl (C=O) groups is 1. The van der Waals surface area contributed by atoms with Gasteiger partial charge in [-0.15, -0.1) is 0 Å². The second-order valence-corrected chi connectivity index (χ2v) is 5.38. The minimum atomic E-state index is -0.594. The van der Waals surface area contributed by atoms with Gasteiger partial charge in [0.05, 0.1) is 5.41 Å². The van der Waals surface area contributed by atoms with E-state index in [2.05, 4.69) is 11.8 Å². The summed E-state index contributed by atoms with van der Waals surface area (Å²) in [6, 6.07) is 0. The van der Waals surface area contributed by atoms with Crippen molar-refractivity contribution in [1.82, 2.24) is 4.90 Å². The number of hydrogen-bond acceptors (Lipinski definition) is 3. The lowest BCUT2D eigenvalue weighted by Crippen LogP contribution is -2.44. The van der Waals surface area contributed by atoms with E-state index < -0.39 is 11.4 Å². The molecule has 1 N–H and O–H groups in total. The molecule has 0 aromatic heterocycles. The molecular formula is C14H27NO3. The molecule has 1 heterocycles. The highest BCUT2D eigenvalue weighted by molar-refractivity contribution is 5.74. The van der Waals surface area contributed by atoms with E-state index in [4.69, 9.17) is 4.74 Å². The number of nitrogens with zero attached hydrogens (tertiary/aromatic N) is 1. The highest BCUT2D eigenvalue weighted by Gasteiger charge is 2.40. The number of methoxy groups -OCH3 is 1. The molecule has 1 aliphatic heterocycles. The van der Waals surface area contributed by atoms with E-state index in [0.717, 1.165) is 64.8 Å². The van der Waals surface area contributed by atoms with E-state index in [1.807, 2.05) is 0 Å². The molecule has 1 saturated heterocycles. The van der Waals surface area contributed by atoms with Crippen LogP contribution in [-0.4, -0.2) is 49.3 Å². The lowest BCUT2D eigenvalue weighted by Gasteiger charge is -2.38. The summed E-state index contributed by atoms with van der Waals surface area (Å²) in [5, 5.41) is 9.42. The van der Waals surface area contributed by atoms with E-state index in [9.17, 15) is 9.90 Å². The average molecular weight is 257 g/mol. The van der Waals surface area contributed by atoms with Crippen LogP contribution in [0.5, 0.6) is 0 Å². The van der Waals surface area contributed by atoms with Crippen molar-refractivity contribution in [2.45, 2.75) is 45.4 Å².